The molecule has 10 nitrogen and oxygen atoms in total. The monoisotopic (exact) mass is 426 g/mol. The highest BCUT2D eigenvalue weighted by molar-refractivity contribution is 5.88. The summed E-state index contributed by atoms with van der Waals surface area (Å²) in [6, 6.07) is 10.9. The standard InChI is InChI=1S/C21H22N4O6/c1-3-31-20(26)17(18-9-4-5-11-22-18)10-12-23-19(21(27)30-2)14-24-15-7-6-8-16(13-15)25(28)29/h4-14,17,23-24H,3H2,1-2H3/b12-10+,19-14-. The van der Waals surface area contributed by atoms with Crippen LogP contribution in [0.4, 0.5) is 11.4 Å². The second-order valence-electron chi connectivity index (χ2n) is 5.99. The summed E-state index contributed by atoms with van der Waals surface area (Å²) in [4.78, 5) is 38.9. The molecule has 0 aliphatic rings. The van der Waals surface area contributed by atoms with Crippen LogP contribution in [0.2, 0.25) is 0 Å². The normalized spacial score (nSPS) is 12.1. The molecule has 0 aliphatic carbocycles. The van der Waals surface area contributed by atoms with Gasteiger partial charge in [0, 0.05) is 30.2 Å². The van der Waals surface area contributed by atoms with Crippen LogP contribution in [0.3, 0.4) is 0 Å². The number of pyridine rings is 1. The van der Waals surface area contributed by atoms with Gasteiger partial charge in [0.15, 0.2) is 0 Å². The Labute approximate surface area is 178 Å². The Balaban J connectivity index is 2.19. The van der Waals surface area contributed by atoms with E-state index >= 15 is 0 Å². The Bertz CT molecular complexity index is 975. The number of benzene rings is 1. The van der Waals surface area contributed by atoms with Crippen LogP contribution in [0, 0.1) is 10.1 Å². The Kier molecular flexibility index (Phi) is 8.72. The summed E-state index contributed by atoms with van der Waals surface area (Å²) in [7, 11) is 1.21. The van der Waals surface area contributed by atoms with Gasteiger partial charge in [0.1, 0.15) is 11.6 Å². The number of hydrogen-bond acceptors (Lipinski definition) is 9. The van der Waals surface area contributed by atoms with E-state index in [0.717, 1.165) is 0 Å². The van der Waals surface area contributed by atoms with Gasteiger partial charge in [-0.15, -0.1) is 0 Å². The third-order valence-corrected chi connectivity index (χ3v) is 3.92. The van der Waals surface area contributed by atoms with E-state index in [1.54, 1.807) is 37.4 Å². The molecule has 0 amide bonds. The first-order valence-corrected chi connectivity index (χ1v) is 9.26. The van der Waals surface area contributed by atoms with E-state index < -0.39 is 22.8 Å². The van der Waals surface area contributed by atoms with Crippen LogP contribution in [0.5, 0.6) is 0 Å². The molecule has 2 aromatic rings. The molecule has 1 aromatic carbocycles. The maximum absolute atomic E-state index is 12.3. The zero-order valence-corrected chi connectivity index (χ0v) is 17.0. The first kappa shape index (κ1) is 23.1. The number of non-ortho nitro benzene ring substituents is 1. The molecule has 2 N–H and O–H groups in total. The molecule has 31 heavy (non-hydrogen) atoms. The summed E-state index contributed by atoms with van der Waals surface area (Å²) in [6.07, 6.45) is 5.76. The maximum atomic E-state index is 12.3. The van der Waals surface area contributed by atoms with Crippen molar-refractivity contribution in [1.29, 1.82) is 0 Å². The van der Waals surface area contributed by atoms with Gasteiger partial charge in [-0.25, -0.2) is 4.79 Å². The second kappa shape index (κ2) is 11.7. The lowest BCUT2D eigenvalue weighted by Gasteiger charge is -2.12. The van der Waals surface area contributed by atoms with Gasteiger partial charge >= 0.3 is 11.9 Å². The van der Waals surface area contributed by atoms with Gasteiger partial charge in [0.05, 0.1) is 24.3 Å². The Morgan fingerprint density at radius 3 is 2.71 bits per heavy atom. The first-order valence-electron chi connectivity index (χ1n) is 9.26. The van der Waals surface area contributed by atoms with Gasteiger partial charge in [-0.05, 0) is 37.4 Å². The van der Waals surface area contributed by atoms with Gasteiger partial charge in [-0.2, -0.15) is 0 Å². The third kappa shape index (κ3) is 6.96. The van der Waals surface area contributed by atoms with Crippen molar-refractivity contribution in [3.63, 3.8) is 0 Å². The fraction of sp³-hybridized carbons (Fsp3) is 0.190. The Morgan fingerprint density at radius 1 is 1.26 bits per heavy atom. The number of anilines is 1. The van der Waals surface area contributed by atoms with E-state index in [4.69, 9.17) is 9.47 Å². The van der Waals surface area contributed by atoms with Gasteiger partial charge < -0.3 is 20.1 Å². The number of esters is 2. The van der Waals surface area contributed by atoms with E-state index in [9.17, 15) is 19.7 Å². The number of rotatable bonds is 10. The molecular formula is C21H22N4O6. The first-order chi connectivity index (χ1) is 15.0. The van der Waals surface area contributed by atoms with Gasteiger partial charge in [0.2, 0.25) is 0 Å². The van der Waals surface area contributed by atoms with Crippen LogP contribution in [0.1, 0.15) is 18.5 Å². The molecule has 0 fully saturated rings. The molecule has 1 heterocycles. The van der Waals surface area contributed by atoms with Crippen LogP contribution >= 0.6 is 0 Å². The number of hydrogen-bond donors (Lipinski definition) is 2. The van der Waals surface area contributed by atoms with Crippen molar-refractivity contribution in [3.05, 3.63) is 88.6 Å². The van der Waals surface area contributed by atoms with E-state index in [2.05, 4.69) is 15.6 Å². The van der Waals surface area contributed by atoms with Crippen molar-refractivity contribution in [3.8, 4) is 0 Å². The number of methoxy groups -OCH3 is 1. The summed E-state index contributed by atoms with van der Waals surface area (Å²) in [5, 5.41) is 16.4. The van der Waals surface area contributed by atoms with Crippen molar-refractivity contribution >= 4 is 23.3 Å². The molecule has 0 aliphatic heterocycles. The molecule has 1 aromatic heterocycles. The second-order valence-corrected chi connectivity index (χ2v) is 5.99. The highest BCUT2D eigenvalue weighted by atomic mass is 16.6. The molecular weight excluding hydrogens is 404 g/mol. The molecule has 0 radical (unpaired) electrons. The lowest BCUT2D eigenvalue weighted by molar-refractivity contribution is -0.384. The molecule has 0 saturated carbocycles. The summed E-state index contributed by atoms with van der Waals surface area (Å²) >= 11 is 0. The van der Waals surface area contributed by atoms with E-state index in [-0.39, 0.29) is 18.0 Å². The summed E-state index contributed by atoms with van der Waals surface area (Å²) in [5.74, 6) is -1.96. The minimum Gasteiger partial charge on any atom is -0.465 e. The molecule has 0 saturated heterocycles. The molecule has 0 bridgehead atoms. The van der Waals surface area contributed by atoms with Gasteiger partial charge in [-0.3, -0.25) is 19.9 Å². The number of carbonyl (C=O) groups excluding carboxylic acids is 2. The molecule has 10 heteroatoms. The highest BCUT2D eigenvalue weighted by Gasteiger charge is 2.20. The van der Waals surface area contributed by atoms with Crippen molar-refractivity contribution in [2.24, 2.45) is 0 Å². The number of nitro benzene ring substituents is 1. The smallest absolute Gasteiger partial charge is 0.355 e. The van der Waals surface area contributed by atoms with Crippen molar-refractivity contribution in [1.82, 2.24) is 10.3 Å². The predicted molar refractivity (Wildman–Crippen MR) is 113 cm³/mol. The van der Waals surface area contributed by atoms with Gasteiger partial charge in [-0.1, -0.05) is 12.1 Å². The minimum atomic E-state index is -0.780. The third-order valence-electron chi connectivity index (χ3n) is 3.92. The van der Waals surface area contributed by atoms with Crippen LogP contribution in [-0.2, 0) is 19.1 Å². The number of nitrogens with one attached hydrogen (secondary N) is 2. The lowest BCUT2D eigenvalue weighted by Crippen LogP contribution is -2.20. The fourth-order valence-electron chi connectivity index (χ4n) is 2.46. The molecule has 0 spiro atoms. The van der Waals surface area contributed by atoms with Crippen molar-refractivity contribution in [2.45, 2.75) is 12.8 Å². The zero-order valence-electron chi connectivity index (χ0n) is 17.0. The van der Waals surface area contributed by atoms with Crippen LogP contribution in [0.15, 0.2) is 72.8 Å². The van der Waals surface area contributed by atoms with E-state index in [1.807, 2.05) is 0 Å². The Morgan fingerprint density at radius 2 is 2.06 bits per heavy atom. The fourth-order valence-corrected chi connectivity index (χ4v) is 2.46. The summed E-state index contributed by atoms with van der Waals surface area (Å²) in [5.41, 5.74) is 0.795. The number of nitrogens with zero attached hydrogens (tertiary/aromatic N) is 2. The minimum absolute atomic E-state index is 0.00823. The number of carbonyl (C=O) groups is 2. The quantitative estimate of drug-likeness (QED) is 0.255. The van der Waals surface area contributed by atoms with Crippen LogP contribution in [-0.4, -0.2) is 35.6 Å². The maximum Gasteiger partial charge on any atom is 0.355 e. The van der Waals surface area contributed by atoms with Crippen LogP contribution in [0.25, 0.3) is 0 Å². The SMILES string of the molecule is CCOC(=O)C(/C=C/N/C(=C\Nc1cccc([N+](=O)[O-])c1)C(=O)OC)c1ccccn1. The average molecular weight is 426 g/mol. The van der Waals surface area contributed by atoms with E-state index in [1.165, 1.54) is 43.8 Å². The summed E-state index contributed by atoms with van der Waals surface area (Å²) < 4.78 is 9.82. The summed E-state index contributed by atoms with van der Waals surface area (Å²) in [6.45, 7) is 1.91. The lowest BCUT2D eigenvalue weighted by atomic mass is 10.1. The molecule has 1 unspecified atom stereocenters. The van der Waals surface area contributed by atoms with Crippen LogP contribution < -0.4 is 10.6 Å². The van der Waals surface area contributed by atoms with Crippen molar-refractivity contribution < 1.29 is 24.0 Å². The number of ether oxygens (including phenoxy) is 2. The molecule has 1 atom stereocenters. The zero-order chi connectivity index (χ0) is 22.6. The average Bonchev–Trinajstić information content (AvgIpc) is 2.79. The largest absolute Gasteiger partial charge is 0.465 e. The number of aromatic nitrogens is 1. The van der Waals surface area contributed by atoms with Crippen molar-refractivity contribution in [2.75, 3.05) is 19.0 Å². The Hall–Kier alpha value is -4.21. The number of nitro groups is 1. The molecule has 2 rings (SSSR count). The topological polar surface area (TPSA) is 133 Å². The highest BCUT2D eigenvalue weighted by Crippen LogP contribution is 2.18. The molecule has 162 valence electrons. The van der Waals surface area contributed by atoms with Gasteiger partial charge in [0.25, 0.3) is 5.69 Å². The van der Waals surface area contributed by atoms with E-state index in [0.29, 0.717) is 11.4 Å². The predicted octanol–water partition coefficient (Wildman–Crippen LogP) is 2.87.